The minimum atomic E-state index is -0.497. The number of hydrogen-bond acceptors (Lipinski definition) is 3. The van der Waals surface area contributed by atoms with Crippen LogP contribution < -0.4 is 0 Å². The number of hydrogen-bond donors (Lipinski definition) is 0. The number of carbonyl (C=O) groups excluding carboxylic acids is 1. The van der Waals surface area contributed by atoms with E-state index in [1.165, 1.54) is 0 Å². The van der Waals surface area contributed by atoms with Crippen LogP contribution >= 0.6 is 0 Å². The Hall–Kier alpha value is -1.87. The monoisotopic (exact) mass is 230 g/mol. The number of carbonyl (C=O) groups is 1. The van der Waals surface area contributed by atoms with Gasteiger partial charge in [-0.1, -0.05) is 43.5 Å². The largest absolute Gasteiger partial charge is 0.459 e. The molecule has 0 radical (unpaired) electrons. The van der Waals surface area contributed by atoms with Gasteiger partial charge in [-0.05, 0) is 11.1 Å². The highest BCUT2D eigenvalue weighted by atomic mass is 16.6. The Balaban J connectivity index is 2.18. The fourth-order valence-electron chi connectivity index (χ4n) is 1.74. The Labute approximate surface area is 100 Å². The summed E-state index contributed by atoms with van der Waals surface area (Å²) in [5.74, 6) is -0.434. The summed E-state index contributed by atoms with van der Waals surface area (Å²) >= 11 is 0. The average Bonchev–Trinajstić information content (AvgIpc) is 3.17. The van der Waals surface area contributed by atoms with E-state index in [0.29, 0.717) is 6.61 Å². The summed E-state index contributed by atoms with van der Waals surface area (Å²) in [6, 6.07) is 7.79. The van der Waals surface area contributed by atoms with E-state index >= 15 is 0 Å². The third kappa shape index (κ3) is 2.29. The van der Waals surface area contributed by atoms with E-state index in [4.69, 9.17) is 9.47 Å². The van der Waals surface area contributed by atoms with E-state index < -0.39 is 11.6 Å². The minimum absolute atomic E-state index is 0.211. The van der Waals surface area contributed by atoms with Crippen LogP contribution in [0.4, 0.5) is 0 Å². The first kappa shape index (κ1) is 11.6. The first-order valence-electron chi connectivity index (χ1n) is 5.37. The second-order valence-corrected chi connectivity index (χ2v) is 3.89. The van der Waals surface area contributed by atoms with Gasteiger partial charge in [0.15, 0.2) is 5.60 Å². The maximum atomic E-state index is 11.1. The van der Waals surface area contributed by atoms with Crippen LogP contribution in [0, 0.1) is 0 Å². The van der Waals surface area contributed by atoms with Gasteiger partial charge in [-0.3, -0.25) is 0 Å². The van der Waals surface area contributed by atoms with Crippen molar-refractivity contribution in [3.8, 4) is 0 Å². The molecule has 1 aromatic carbocycles. The summed E-state index contributed by atoms with van der Waals surface area (Å²) in [5.41, 5.74) is 1.51. The molecule has 2 rings (SSSR count). The van der Waals surface area contributed by atoms with Crippen LogP contribution in [0.2, 0.25) is 0 Å². The lowest BCUT2D eigenvalue weighted by Crippen LogP contribution is -2.20. The predicted molar refractivity (Wildman–Crippen MR) is 65.3 cm³/mol. The number of ether oxygens (including phenoxy) is 2. The van der Waals surface area contributed by atoms with E-state index in [1.807, 2.05) is 24.3 Å². The normalized spacial score (nSPS) is 21.6. The standard InChI is InChI=1S/C14H14O3/c1-3-11-7-5-6-8-12(11)14(10-17-14)9-16-13(15)4-2/h3-8H,1-2,9-10H2. The summed E-state index contributed by atoms with van der Waals surface area (Å²) in [5, 5.41) is 0. The highest BCUT2D eigenvalue weighted by Crippen LogP contribution is 2.41. The predicted octanol–water partition coefficient (Wildman–Crippen LogP) is 2.28. The second-order valence-electron chi connectivity index (χ2n) is 3.89. The Morgan fingerprint density at radius 1 is 1.47 bits per heavy atom. The van der Waals surface area contributed by atoms with Gasteiger partial charge in [0.2, 0.25) is 0 Å². The lowest BCUT2D eigenvalue weighted by Gasteiger charge is -2.14. The number of esters is 1. The average molecular weight is 230 g/mol. The van der Waals surface area contributed by atoms with Gasteiger partial charge in [-0.25, -0.2) is 4.79 Å². The van der Waals surface area contributed by atoms with Crippen molar-refractivity contribution in [1.29, 1.82) is 0 Å². The summed E-state index contributed by atoms with van der Waals surface area (Å²) in [6.07, 6.45) is 2.92. The molecule has 1 aromatic rings. The first-order valence-corrected chi connectivity index (χ1v) is 5.37. The molecule has 1 heterocycles. The van der Waals surface area contributed by atoms with Crippen LogP contribution in [0.5, 0.6) is 0 Å². The van der Waals surface area contributed by atoms with Crippen LogP contribution in [0.15, 0.2) is 43.5 Å². The topological polar surface area (TPSA) is 38.8 Å². The van der Waals surface area contributed by atoms with E-state index in [2.05, 4.69) is 13.2 Å². The molecule has 0 amide bonds. The highest BCUT2D eigenvalue weighted by Gasteiger charge is 2.48. The summed E-state index contributed by atoms with van der Waals surface area (Å²) in [4.78, 5) is 11.1. The van der Waals surface area contributed by atoms with Gasteiger partial charge < -0.3 is 9.47 Å². The van der Waals surface area contributed by atoms with Gasteiger partial charge in [0.1, 0.15) is 6.61 Å². The molecule has 1 atom stereocenters. The summed E-state index contributed by atoms with van der Waals surface area (Å²) in [6.45, 7) is 7.89. The molecule has 1 saturated heterocycles. The molecule has 0 aromatic heterocycles. The van der Waals surface area contributed by atoms with Gasteiger partial charge in [-0.2, -0.15) is 0 Å². The van der Waals surface area contributed by atoms with Crippen LogP contribution in [0.3, 0.4) is 0 Å². The van der Waals surface area contributed by atoms with Crippen LogP contribution in [0.25, 0.3) is 6.08 Å². The Morgan fingerprint density at radius 2 is 2.18 bits per heavy atom. The molecule has 1 unspecified atom stereocenters. The van der Waals surface area contributed by atoms with E-state index in [-0.39, 0.29) is 6.61 Å². The zero-order chi connectivity index (χ0) is 12.3. The van der Waals surface area contributed by atoms with Gasteiger partial charge >= 0.3 is 5.97 Å². The molecule has 0 N–H and O–H groups in total. The molecule has 1 aliphatic rings. The smallest absolute Gasteiger partial charge is 0.330 e. The Kier molecular flexibility index (Phi) is 3.11. The lowest BCUT2D eigenvalue weighted by atomic mass is 9.95. The molecule has 3 nitrogen and oxygen atoms in total. The maximum Gasteiger partial charge on any atom is 0.330 e. The third-order valence-electron chi connectivity index (χ3n) is 2.78. The fraction of sp³-hybridized carbons (Fsp3) is 0.214. The number of epoxide rings is 1. The summed E-state index contributed by atoms with van der Waals surface area (Å²) in [7, 11) is 0. The fourth-order valence-corrected chi connectivity index (χ4v) is 1.74. The number of benzene rings is 1. The first-order chi connectivity index (χ1) is 8.22. The van der Waals surface area contributed by atoms with Crippen molar-refractivity contribution >= 4 is 12.0 Å². The highest BCUT2D eigenvalue weighted by molar-refractivity contribution is 5.81. The minimum Gasteiger partial charge on any atom is -0.459 e. The van der Waals surface area contributed by atoms with Gasteiger partial charge in [-0.15, -0.1) is 0 Å². The van der Waals surface area contributed by atoms with Crippen molar-refractivity contribution in [2.24, 2.45) is 0 Å². The Morgan fingerprint density at radius 3 is 2.76 bits per heavy atom. The molecular formula is C14H14O3. The van der Waals surface area contributed by atoms with Crippen molar-refractivity contribution in [1.82, 2.24) is 0 Å². The zero-order valence-corrected chi connectivity index (χ0v) is 9.52. The van der Waals surface area contributed by atoms with Crippen LogP contribution in [-0.4, -0.2) is 19.2 Å². The Bertz CT molecular complexity index is 458. The quantitative estimate of drug-likeness (QED) is 0.442. The van der Waals surface area contributed by atoms with Crippen molar-refractivity contribution < 1.29 is 14.3 Å². The second kappa shape index (κ2) is 4.55. The van der Waals surface area contributed by atoms with E-state index in [0.717, 1.165) is 17.2 Å². The molecule has 0 aliphatic carbocycles. The zero-order valence-electron chi connectivity index (χ0n) is 9.52. The molecule has 0 bridgehead atoms. The lowest BCUT2D eigenvalue weighted by molar-refractivity contribution is -0.139. The summed E-state index contributed by atoms with van der Waals surface area (Å²) < 4.78 is 10.5. The van der Waals surface area contributed by atoms with Crippen LogP contribution in [-0.2, 0) is 19.9 Å². The van der Waals surface area contributed by atoms with Crippen molar-refractivity contribution in [2.45, 2.75) is 5.60 Å². The van der Waals surface area contributed by atoms with Crippen LogP contribution in [0.1, 0.15) is 11.1 Å². The number of rotatable bonds is 5. The van der Waals surface area contributed by atoms with E-state index in [1.54, 1.807) is 6.08 Å². The van der Waals surface area contributed by atoms with Gasteiger partial charge in [0.05, 0.1) is 6.61 Å². The molecule has 0 spiro atoms. The maximum absolute atomic E-state index is 11.1. The van der Waals surface area contributed by atoms with Gasteiger partial charge in [0.25, 0.3) is 0 Å². The molecule has 3 heteroatoms. The molecule has 88 valence electrons. The molecule has 17 heavy (non-hydrogen) atoms. The third-order valence-corrected chi connectivity index (χ3v) is 2.78. The molecular weight excluding hydrogens is 216 g/mol. The van der Waals surface area contributed by atoms with Crippen molar-refractivity contribution in [3.63, 3.8) is 0 Å². The molecule has 1 fully saturated rings. The van der Waals surface area contributed by atoms with E-state index in [9.17, 15) is 4.79 Å². The molecule has 0 saturated carbocycles. The van der Waals surface area contributed by atoms with Crippen molar-refractivity contribution in [3.05, 3.63) is 54.6 Å². The van der Waals surface area contributed by atoms with Crippen molar-refractivity contribution in [2.75, 3.05) is 13.2 Å². The molecule has 1 aliphatic heterocycles. The van der Waals surface area contributed by atoms with Gasteiger partial charge in [0, 0.05) is 6.08 Å². The SMILES string of the molecule is C=CC(=O)OCC1(c2ccccc2C=C)CO1.